The van der Waals surface area contributed by atoms with Crippen molar-refractivity contribution >= 4 is 57.2 Å². The average Bonchev–Trinajstić information content (AvgIpc) is 3.37. The molecule has 1 saturated heterocycles. The van der Waals surface area contributed by atoms with Crippen LogP contribution < -0.4 is 9.64 Å². The monoisotopic (exact) mass is 492 g/mol. The van der Waals surface area contributed by atoms with E-state index in [4.69, 9.17) is 27.9 Å². The molecule has 8 heteroatoms. The molecular weight excluding hydrogens is 475 g/mol. The molecule has 0 radical (unpaired) electrons. The number of methoxy groups -OCH3 is 1. The lowest BCUT2D eigenvalue weighted by atomic mass is 9.94. The number of amides is 1. The molecule has 34 heavy (non-hydrogen) atoms. The lowest BCUT2D eigenvalue weighted by Gasteiger charge is -2.25. The molecule has 4 aromatic rings. The molecule has 1 fully saturated rings. The van der Waals surface area contributed by atoms with Crippen molar-refractivity contribution in [3.05, 3.63) is 99.7 Å². The average molecular weight is 493 g/mol. The molecule has 0 saturated carbocycles. The van der Waals surface area contributed by atoms with Crippen LogP contribution in [-0.2, 0) is 9.59 Å². The second-order valence-corrected chi connectivity index (χ2v) is 8.61. The summed E-state index contributed by atoms with van der Waals surface area (Å²) in [6.45, 7) is 0. The molecule has 1 aromatic heterocycles. The number of nitrogens with zero attached hydrogens (tertiary/aromatic N) is 1. The number of ketones is 1. The van der Waals surface area contributed by atoms with Gasteiger partial charge in [-0.2, -0.15) is 0 Å². The Kier molecular flexibility index (Phi) is 5.55. The number of halogens is 2. The summed E-state index contributed by atoms with van der Waals surface area (Å²) in [7, 11) is 1.39. The molecule has 1 aliphatic heterocycles. The van der Waals surface area contributed by atoms with E-state index in [0.29, 0.717) is 11.3 Å². The van der Waals surface area contributed by atoms with E-state index in [1.54, 1.807) is 30.5 Å². The first-order chi connectivity index (χ1) is 16.4. The molecule has 6 nitrogen and oxygen atoms in total. The maximum atomic E-state index is 13.4. The molecule has 1 amide bonds. The number of aromatic amines is 1. The quantitative estimate of drug-likeness (QED) is 0.204. The SMILES string of the molecule is COc1c(Cl)cc(Cl)cc1/C(O)=C1\C(=O)C(=O)N(c2ccccc2)C1c1c[nH]c2ccccc12. The van der Waals surface area contributed by atoms with Crippen molar-refractivity contribution in [1.29, 1.82) is 0 Å². The molecule has 0 spiro atoms. The van der Waals surface area contributed by atoms with Gasteiger partial charge in [-0.3, -0.25) is 14.5 Å². The van der Waals surface area contributed by atoms with E-state index in [2.05, 4.69) is 4.98 Å². The minimum atomic E-state index is -0.902. The van der Waals surface area contributed by atoms with Crippen molar-refractivity contribution < 1.29 is 19.4 Å². The van der Waals surface area contributed by atoms with Crippen molar-refractivity contribution in [1.82, 2.24) is 4.98 Å². The maximum absolute atomic E-state index is 13.4. The smallest absolute Gasteiger partial charge is 0.300 e. The molecule has 1 atom stereocenters. The van der Waals surface area contributed by atoms with E-state index in [9.17, 15) is 14.7 Å². The second kappa shape index (κ2) is 8.56. The van der Waals surface area contributed by atoms with E-state index in [0.717, 1.165) is 10.9 Å². The van der Waals surface area contributed by atoms with E-state index >= 15 is 0 Å². The van der Waals surface area contributed by atoms with Crippen LogP contribution in [0.15, 0.2) is 78.5 Å². The van der Waals surface area contributed by atoms with Gasteiger partial charge in [-0.1, -0.05) is 59.6 Å². The summed E-state index contributed by atoms with van der Waals surface area (Å²) in [6, 6.07) is 18.4. The Labute approximate surface area is 205 Å². The Morgan fingerprint density at radius 1 is 1.03 bits per heavy atom. The van der Waals surface area contributed by atoms with Gasteiger partial charge in [-0.25, -0.2) is 0 Å². The van der Waals surface area contributed by atoms with Gasteiger partial charge in [0.15, 0.2) is 0 Å². The molecule has 0 aliphatic carbocycles. The van der Waals surface area contributed by atoms with Gasteiger partial charge in [0.2, 0.25) is 0 Å². The molecule has 5 rings (SSSR count). The predicted molar refractivity (Wildman–Crippen MR) is 133 cm³/mol. The van der Waals surface area contributed by atoms with E-state index in [1.165, 1.54) is 24.1 Å². The van der Waals surface area contributed by atoms with E-state index in [-0.39, 0.29) is 26.9 Å². The highest BCUT2D eigenvalue weighted by Gasteiger charge is 2.48. The summed E-state index contributed by atoms with van der Waals surface area (Å²) >= 11 is 12.5. The highest BCUT2D eigenvalue weighted by atomic mass is 35.5. The predicted octanol–water partition coefficient (Wildman–Crippen LogP) is 6.11. The van der Waals surface area contributed by atoms with Crippen LogP contribution >= 0.6 is 23.2 Å². The van der Waals surface area contributed by atoms with Crippen LogP contribution in [0.4, 0.5) is 5.69 Å². The highest BCUT2D eigenvalue weighted by molar-refractivity contribution is 6.52. The molecule has 170 valence electrons. The van der Waals surface area contributed by atoms with Gasteiger partial charge in [-0.05, 0) is 30.3 Å². The van der Waals surface area contributed by atoms with Crippen molar-refractivity contribution in [2.75, 3.05) is 12.0 Å². The van der Waals surface area contributed by atoms with Crippen LogP contribution in [0.3, 0.4) is 0 Å². The van der Waals surface area contributed by atoms with Crippen molar-refractivity contribution in [2.24, 2.45) is 0 Å². The third-order valence-electron chi connectivity index (χ3n) is 5.86. The topological polar surface area (TPSA) is 82.6 Å². The number of benzene rings is 3. The van der Waals surface area contributed by atoms with Gasteiger partial charge in [0, 0.05) is 33.4 Å². The molecule has 2 heterocycles. The summed E-state index contributed by atoms with van der Waals surface area (Å²) in [4.78, 5) is 31.3. The molecule has 2 N–H and O–H groups in total. The fourth-order valence-corrected chi connectivity index (χ4v) is 4.96. The van der Waals surface area contributed by atoms with Crippen LogP contribution in [0.2, 0.25) is 10.0 Å². The van der Waals surface area contributed by atoms with Crippen molar-refractivity contribution in [3.8, 4) is 5.75 Å². The molecule has 1 unspecified atom stereocenters. The number of para-hydroxylation sites is 2. The van der Waals surface area contributed by atoms with Crippen LogP contribution in [0.5, 0.6) is 5.75 Å². The molecule has 0 bridgehead atoms. The largest absolute Gasteiger partial charge is 0.507 e. The van der Waals surface area contributed by atoms with Crippen LogP contribution in [0.25, 0.3) is 16.7 Å². The highest BCUT2D eigenvalue weighted by Crippen LogP contribution is 2.46. The number of aliphatic hydroxyl groups is 1. The Balaban J connectivity index is 1.82. The van der Waals surface area contributed by atoms with Crippen molar-refractivity contribution in [3.63, 3.8) is 0 Å². The number of rotatable bonds is 4. The summed E-state index contributed by atoms with van der Waals surface area (Å²) in [5.41, 5.74) is 2.05. The van der Waals surface area contributed by atoms with E-state index < -0.39 is 23.5 Å². The number of hydrogen-bond acceptors (Lipinski definition) is 4. The number of carbonyl (C=O) groups excluding carboxylic acids is 2. The second-order valence-electron chi connectivity index (χ2n) is 7.76. The molecular formula is C26H18Cl2N2O4. The molecule has 1 aliphatic rings. The Morgan fingerprint density at radius 3 is 2.47 bits per heavy atom. The number of fused-ring (bicyclic) bond motifs is 1. The lowest BCUT2D eigenvalue weighted by Crippen LogP contribution is -2.29. The zero-order valence-electron chi connectivity index (χ0n) is 17.9. The number of Topliss-reactive ketones (excluding diaryl/α,β-unsaturated/α-hetero) is 1. The fourth-order valence-electron chi connectivity index (χ4n) is 4.39. The maximum Gasteiger partial charge on any atom is 0.300 e. The van der Waals surface area contributed by atoms with Gasteiger partial charge in [-0.15, -0.1) is 0 Å². The zero-order chi connectivity index (χ0) is 24.0. The van der Waals surface area contributed by atoms with Gasteiger partial charge < -0.3 is 14.8 Å². The number of hydrogen-bond donors (Lipinski definition) is 2. The van der Waals surface area contributed by atoms with Gasteiger partial charge >= 0.3 is 0 Å². The van der Waals surface area contributed by atoms with Crippen LogP contribution in [-0.4, -0.2) is 28.9 Å². The minimum Gasteiger partial charge on any atom is -0.507 e. The van der Waals surface area contributed by atoms with Gasteiger partial charge in [0.05, 0.1) is 29.3 Å². The number of aromatic nitrogens is 1. The fraction of sp³-hybridized carbons (Fsp3) is 0.0769. The zero-order valence-corrected chi connectivity index (χ0v) is 19.4. The number of ether oxygens (including phenoxy) is 1. The number of H-pyrrole nitrogens is 1. The third kappa shape index (κ3) is 3.43. The van der Waals surface area contributed by atoms with Crippen molar-refractivity contribution in [2.45, 2.75) is 6.04 Å². The first kappa shape index (κ1) is 22.1. The summed E-state index contributed by atoms with van der Waals surface area (Å²) in [5.74, 6) is -1.86. The van der Waals surface area contributed by atoms with Gasteiger partial charge in [0.1, 0.15) is 11.5 Å². The summed E-state index contributed by atoms with van der Waals surface area (Å²) in [5, 5.41) is 12.7. The Hall–Kier alpha value is -3.74. The number of nitrogens with one attached hydrogen (secondary N) is 1. The van der Waals surface area contributed by atoms with Crippen LogP contribution in [0.1, 0.15) is 17.2 Å². The van der Waals surface area contributed by atoms with Crippen LogP contribution in [0, 0.1) is 0 Å². The van der Waals surface area contributed by atoms with Gasteiger partial charge in [0.25, 0.3) is 11.7 Å². The Bertz CT molecular complexity index is 1480. The normalized spacial score (nSPS) is 17.5. The summed E-state index contributed by atoms with van der Waals surface area (Å²) in [6.07, 6.45) is 1.74. The van der Waals surface area contributed by atoms with E-state index in [1.807, 2.05) is 30.3 Å². The third-order valence-corrected chi connectivity index (χ3v) is 6.36. The summed E-state index contributed by atoms with van der Waals surface area (Å²) < 4.78 is 5.38. The number of anilines is 1. The number of carbonyl (C=O) groups is 2. The first-order valence-corrected chi connectivity index (χ1v) is 11.1. The Morgan fingerprint density at radius 2 is 1.74 bits per heavy atom. The first-order valence-electron chi connectivity index (χ1n) is 10.4. The number of aliphatic hydroxyl groups excluding tert-OH is 1. The minimum absolute atomic E-state index is 0.0877. The standard InChI is InChI=1S/C26H18Cl2N2O4/c1-34-25-17(11-14(27)12-19(25)28)23(31)21-22(18-13-29-20-10-6-5-9-16(18)20)30(26(33)24(21)32)15-7-3-2-4-8-15/h2-13,22,29,31H,1H3/b23-21+. The molecule has 3 aromatic carbocycles. The lowest BCUT2D eigenvalue weighted by molar-refractivity contribution is -0.132.